The van der Waals surface area contributed by atoms with Crippen LogP contribution in [0, 0.1) is 0 Å². The largest absolute Gasteiger partial charge is 0.474 e. The van der Waals surface area contributed by atoms with Gasteiger partial charge in [0.25, 0.3) is 0 Å². The maximum absolute atomic E-state index is 12.7. The second-order valence-electron chi connectivity index (χ2n) is 8.90. The van der Waals surface area contributed by atoms with Crippen molar-refractivity contribution in [1.82, 2.24) is 0 Å². The van der Waals surface area contributed by atoms with Crippen molar-refractivity contribution in [2.45, 2.75) is 149 Å². The van der Waals surface area contributed by atoms with Crippen molar-refractivity contribution < 1.29 is 18.1 Å². The molecule has 0 saturated carbocycles. The number of hydrogen-bond acceptors (Lipinski definition) is 4. The smallest absolute Gasteiger partial charge is 0.287 e. The minimum Gasteiger partial charge on any atom is -0.287 e. The minimum atomic E-state index is -3.37. The first-order valence-electron chi connectivity index (χ1n) is 13.7. The van der Waals surface area contributed by atoms with E-state index in [0.29, 0.717) is 19.8 Å². The third kappa shape index (κ3) is 23.1. The first-order chi connectivity index (χ1) is 15.2. The lowest BCUT2D eigenvalue weighted by Crippen LogP contribution is -2.03. The summed E-state index contributed by atoms with van der Waals surface area (Å²) in [6.07, 6.45) is 25.5. The van der Waals surface area contributed by atoms with Gasteiger partial charge in [-0.05, 0) is 19.8 Å². The van der Waals surface area contributed by atoms with Gasteiger partial charge in [0.1, 0.15) is 0 Å². The molecule has 188 valence electrons. The van der Waals surface area contributed by atoms with E-state index in [1.165, 1.54) is 103 Å². The second-order valence-corrected chi connectivity index (χ2v) is 10.6. The quantitative estimate of drug-likeness (QED) is 0.0947. The number of phosphoric acid groups is 1. The van der Waals surface area contributed by atoms with Gasteiger partial charge in [-0.15, -0.1) is 0 Å². The van der Waals surface area contributed by atoms with Gasteiger partial charge < -0.3 is 0 Å². The van der Waals surface area contributed by atoms with Crippen LogP contribution in [0.25, 0.3) is 0 Å². The summed E-state index contributed by atoms with van der Waals surface area (Å²) >= 11 is 0. The van der Waals surface area contributed by atoms with Crippen molar-refractivity contribution >= 4 is 7.82 Å². The average Bonchev–Trinajstić information content (AvgIpc) is 2.76. The molecule has 0 radical (unpaired) electrons. The molecule has 0 unspecified atom stereocenters. The summed E-state index contributed by atoms with van der Waals surface area (Å²) in [5.41, 5.74) is 0. The highest BCUT2D eigenvalue weighted by molar-refractivity contribution is 7.48. The molecule has 0 aromatic heterocycles. The molecule has 0 rings (SSSR count). The molecule has 0 heterocycles. The Balaban J connectivity index is 3.59. The van der Waals surface area contributed by atoms with Crippen LogP contribution in [0.2, 0.25) is 0 Å². The van der Waals surface area contributed by atoms with Gasteiger partial charge in [0, 0.05) is 0 Å². The zero-order valence-corrected chi connectivity index (χ0v) is 22.2. The lowest BCUT2D eigenvalue weighted by molar-refractivity contribution is 0.114. The van der Waals surface area contributed by atoms with E-state index in [9.17, 15) is 4.57 Å². The Hall–Kier alpha value is 0.110. The van der Waals surface area contributed by atoms with E-state index in [1.54, 1.807) is 0 Å². The Morgan fingerprint density at radius 1 is 0.419 bits per heavy atom. The molecule has 0 aliphatic rings. The molecule has 0 aliphatic heterocycles. The van der Waals surface area contributed by atoms with Crippen LogP contribution in [0.15, 0.2) is 0 Å². The molecule has 0 bridgehead atoms. The fourth-order valence-corrected chi connectivity index (χ4v) is 5.05. The van der Waals surface area contributed by atoms with E-state index in [1.807, 2.05) is 6.92 Å². The summed E-state index contributed by atoms with van der Waals surface area (Å²) in [7, 11) is -3.37. The van der Waals surface area contributed by atoms with E-state index < -0.39 is 7.82 Å². The average molecular weight is 463 g/mol. The Kier molecular flexibility index (Phi) is 24.8. The van der Waals surface area contributed by atoms with Crippen LogP contribution in [0.5, 0.6) is 0 Å². The number of unbranched alkanes of at least 4 members (excludes halogenated alkanes) is 18. The topological polar surface area (TPSA) is 44.8 Å². The minimum absolute atomic E-state index is 0.355. The molecule has 5 heteroatoms. The van der Waals surface area contributed by atoms with Gasteiger partial charge >= 0.3 is 7.82 Å². The highest BCUT2D eigenvalue weighted by atomic mass is 31.2. The predicted octanol–water partition coefficient (Wildman–Crippen LogP) is 10.0. The van der Waals surface area contributed by atoms with Gasteiger partial charge in [0.05, 0.1) is 19.8 Å². The Morgan fingerprint density at radius 2 is 0.710 bits per heavy atom. The predicted molar refractivity (Wildman–Crippen MR) is 135 cm³/mol. The zero-order valence-electron chi connectivity index (χ0n) is 21.3. The van der Waals surface area contributed by atoms with Gasteiger partial charge in [-0.3, -0.25) is 13.6 Å². The van der Waals surface area contributed by atoms with Gasteiger partial charge in [-0.1, -0.05) is 129 Å². The van der Waals surface area contributed by atoms with Crippen LogP contribution in [0.1, 0.15) is 149 Å². The monoisotopic (exact) mass is 462 g/mol. The van der Waals surface area contributed by atoms with E-state index in [0.717, 1.165) is 25.7 Å². The van der Waals surface area contributed by atoms with Crippen LogP contribution in [-0.2, 0) is 18.1 Å². The summed E-state index contributed by atoms with van der Waals surface area (Å²) in [5.74, 6) is 0. The Bertz CT molecular complexity index is 360. The number of rotatable bonds is 26. The molecule has 0 aromatic carbocycles. The molecule has 0 aliphatic carbocycles. The fourth-order valence-electron chi connectivity index (χ4n) is 3.80. The first-order valence-corrected chi connectivity index (χ1v) is 15.2. The second kappa shape index (κ2) is 24.7. The summed E-state index contributed by atoms with van der Waals surface area (Å²) in [4.78, 5) is 0. The fraction of sp³-hybridized carbons (Fsp3) is 1.00. The molecule has 0 N–H and O–H groups in total. The van der Waals surface area contributed by atoms with Crippen molar-refractivity contribution in [3.8, 4) is 0 Å². The highest BCUT2D eigenvalue weighted by Crippen LogP contribution is 2.49. The van der Waals surface area contributed by atoms with Gasteiger partial charge in [0.2, 0.25) is 0 Å². The molecule has 0 spiro atoms. The maximum atomic E-state index is 12.7. The van der Waals surface area contributed by atoms with Crippen molar-refractivity contribution in [1.29, 1.82) is 0 Å². The molecule has 0 atom stereocenters. The summed E-state index contributed by atoms with van der Waals surface area (Å²) in [5, 5.41) is 0. The van der Waals surface area contributed by atoms with Crippen molar-refractivity contribution in [3.05, 3.63) is 0 Å². The van der Waals surface area contributed by atoms with Gasteiger partial charge in [-0.2, -0.15) is 0 Å². The van der Waals surface area contributed by atoms with Crippen LogP contribution in [0.3, 0.4) is 0 Å². The molecule has 0 amide bonds. The van der Waals surface area contributed by atoms with Crippen LogP contribution in [-0.4, -0.2) is 19.8 Å². The van der Waals surface area contributed by atoms with Crippen molar-refractivity contribution in [2.24, 2.45) is 0 Å². The molecule has 31 heavy (non-hydrogen) atoms. The summed E-state index contributed by atoms with van der Waals surface area (Å²) in [6.45, 7) is 7.64. The first kappa shape index (κ1) is 31.1. The standard InChI is InChI=1S/C26H55O4P/c1-4-7-9-11-13-15-17-19-21-23-25-29-31(27,28-6-3)30-26-24-22-20-18-16-14-12-10-8-5-2/h4-26H2,1-3H3. The number of phosphoric ester groups is 1. The van der Waals surface area contributed by atoms with Gasteiger partial charge in [0.15, 0.2) is 0 Å². The summed E-state index contributed by atoms with van der Waals surface area (Å²) in [6, 6.07) is 0. The molecule has 0 fully saturated rings. The van der Waals surface area contributed by atoms with Crippen molar-refractivity contribution in [3.63, 3.8) is 0 Å². The van der Waals surface area contributed by atoms with E-state index in [-0.39, 0.29) is 0 Å². The highest BCUT2D eigenvalue weighted by Gasteiger charge is 2.25. The van der Waals surface area contributed by atoms with Gasteiger partial charge in [-0.25, -0.2) is 4.57 Å². The SMILES string of the molecule is CCCCCCCCCCCCOP(=O)(OCC)OCCCCCCCCCCCC. The normalized spacial score (nSPS) is 12.0. The van der Waals surface area contributed by atoms with Crippen molar-refractivity contribution in [2.75, 3.05) is 19.8 Å². The Labute approximate surface area is 195 Å². The Morgan fingerprint density at radius 3 is 1.00 bits per heavy atom. The lowest BCUT2D eigenvalue weighted by atomic mass is 10.1. The summed E-state index contributed by atoms with van der Waals surface area (Å²) < 4.78 is 29.1. The van der Waals surface area contributed by atoms with E-state index in [4.69, 9.17) is 13.6 Å². The number of hydrogen-bond donors (Lipinski definition) is 0. The third-order valence-electron chi connectivity index (χ3n) is 5.78. The van der Waals surface area contributed by atoms with E-state index in [2.05, 4.69) is 13.8 Å². The van der Waals surface area contributed by atoms with Crippen LogP contribution < -0.4 is 0 Å². The van der Waals surface area contributed by atoms with E-state index >= 15 is 0 Å². The van der Waals surface area contributed by atoms with Crippen LogP contribution >= 0.6 is 7.82 Å². The lowest BCUT2D eigenvalue weighted by Gasteiger charge is -2.17. The third-order valence-corrected chi connectivity index (χ3v) is 7.35. The molecule has 0 aromatic rings. The molecular formula is C26H55O4P. The zero-order chi connectivity index (χ0) is 22.9. The molecular weight excluding hydrogens is 407 g/mol. The molecule has 4 nitrogen and oxygen atoms in total. The van der Waals surface area contributed by atoms with Crippen LogP contribution in [0.4, 0.5) is 0 Å². The molecule has 0 saturated heterocycles. The maximum Gasteiger partial charge on any atom is 0.474 e.